The SMILES string of the molecule is COC(=O)c1ccc(N)c(NCC(C)(C)CN(C)C)n1. The molecule has 0 saturated heterocycles. The van der Waals surface area contributed by atoms with Crippen molar-refractivity contribution in [3.05, 3.63) is 17.8 Å². The highest BCUT2D eigenvalue weighted by atomic mass is 16.5. The third-order valence-corrected chi connectivity index (χ3v) is 2.80. The number of carbonyl (C=O) groups excluding carboxylic acids is 1. The van der Waals surface area contributed by atoms with Gasteiger partial charge in [-0.3, -0.25) is 0 Å². The van der Waals surface area contributed by atoms with Gasteiger partial charge in [0, 0.05) is 13.1 Å². The Labute approximate surface area is 120 Å². The topological polar surface area (TPSA) is 80.5 Å². The van der Waals surface area contributed by atoms with E-state index in [2.05, 4.69) is 33.8 Å². The number of hydrogen-bond donors (Lipinski definition) is 2. The number of hydrogen-bond acceptors (Lipinski definition) is 6. The summed E-state index contributed by atoms with van der Waals surface area (Å²) in [6, 6.07) is 3.21. The summed E-state index contributed by atoms with van der Waals surface area (Å²) in [5.41, 5.74) is 6.69. The molecule has 1 aromatic rings. The van der Waals surface area contributed by atoms with Gasteiger partial charge in [0.05, 0.1) is 12.8 Å². The quantitative estimate of drug-likeness (QED) is 0.768. The predicted octanol–water partition coefficient (Wildman–Crippen LogP) is 1.45. The highest BCUT2D eigenvalue weighted by Gasteiger charge is 2.19. The Hall–Kier alpha value is -1.82. The Kier molecular flexibility index (Phi) is 5.33. The average Bonchev–Trinajstić information content (AvgIpc) is 2.35. The number of nitrogens with one attached hydrogen (secondary N) is 1. The number of pyridine rings is 1. The van der Waals surface area contributed by atoms with Crippen LogP contribution in [0.3, 0.4) is 0 Å². The smallest absolute Gasteiger partial charge is 0.356 e. The molecule has 6 nitrogen and oxygen atoms in total. The minimum atomic E-state index is -0.472. The van der Waals surface area contributed by atoms with E-state index in [1.807, 2.05) is 14.1 Å². The summed E-state index contributed by atoms with van der Waals surface area (Å²) >= 11 is 0. The summed E-state index contributed by atoms with van der Waals surface area (Å²) in [4.78, 5) is 17.8. The fourth-order valence-corrected chi connectivity index (χ4v) is 2.06. The highest BCUT2D eigenvalue weighted by Crippen LogP contribution is 2.21. The monoisotopic (exact) mass is 280 g/mol. The fourth-order valence-electron chi connectivity index (χ4n) is 2.06. The van der Waals surface area contributed by atoms with Crippen LogP contribution in [0.1, 0.15) is 24.3 Å². The second kappa shape index (κ2) is 6.56. The van der Waals surface area contributed by atoms with Crippen LogP contribution < -0.4 is 11.1 Å². The molecule has 0 aliphatic heterocycles. The van der Waals surface area contributed by atoms with Crippen molar-refractivity contribution >= 4 is 17.5 Å². The zero-order valence-electron chi connectivity index (χ0n) is 12.9. The molecule has 112 valence electrons. The van der Waals surface area contributed by atoms with Crippen LogP contribution in [0.15, 0.2) is 12.1 Å². The fraction of sp³-hybridized carbons (Fsp3) is 0.571. The largest absolute Gasteiger partial charge is 0.464 e. The average molecular weight is 280 g/mol. The van der Waals surface area contributed by atoms with Crippen LogP contribution in [-0.2, 0) is 4.74 Å². The van der Waals surface area contributed by atoms with Crippen molar-refractivity contribution in [1.82, 2.24) is 9.88 Å². The second-order valence-corrected chi connectivity index (χ2v) is 5.88. The number of nitrogens with two attached hydrogens (primary N) is 1. The van der Waals surface area contributed by atoms with Crippen LogP contribution in [0, 0.1) is 5.41 Å². The van der Waals surface area contributed by atoms with Gasteiger partial charge in [0.1, 0.15) is 5.82 Å². The van der Waals surface area contributed by atoms with Gasteiger partial charge in [-0.05, 0) is 31.6 Å². The van der Waals surface area contributed by atoms with Crippen molar-refractivity contribution < 1.29 is 9.53 Å². The van der Waals surface area contributed by atoms with Crippen molar-refractivity contribution in [3.8, 4) is 0 Å². The number of rotatable bonds is 6. The third-order valence-electron chi connectivity index (χ3n) is 2.80. The van der Waals surface area contributed by atoms with Crippen LogP contribution in [-0.4, -0.2) is 50.1 Å². The van der Waals surface area contributed by atoms with Crippen molar-refractivity contribution in [3.63, 3.8) is 0 Å². The van der Waals surface area contributed by atoms with Crippen molar-refractivity contribution in [2.45, 2.75) is 13.8 Å². The van der Waals surface area contributed by atoms with E-state index in [9.17, 15) is 4.79 Å². The highest BCUT2D eigenvalue weighted by molar-refractivity contribution is 5.88. The van der Waals surface area contributed by atoms with Crippen molar-refractivity contribution in [1.29, 1.82) is 0 Å². The van der Waals surface area contributed by atoms with Gasteiger partial charge in [-0.25, -0.2) is 9.78 Å². The lowest BCUT2D eigenvalue weighted by Gasteiger charge is -2.28. The second-order valence-electron chi connectivity index (χ2n) is 5.88. The lowest BCUT2D eigenvalue weighted by atomic mass is 9.93. The molecule has 0 aromatic carbocycles. The Morgan fingerprint density at radius 2 is 2.10 bits per heavy atom. The summed E-state index contributed by atoms with van der Waals surface area (Å²) in [6.07, 6.45) is 0. The lowest BCUT2D eigenvalue weighted by Crippen LogP contribution is -2.34. The third kappa shape index (κ3) is 4.70. The van der Waals surface area contributed by atoms with Crippen molar-refractivity contribution in [2.75, 3.05) is 45.3 Å². The molecule has 6 heteroatoms. The first-order valence-corrected chi connectivity index (χ1v) is 6.48. The van der Waals surface area contributed by atoms with Gasteiger partial charge >= 0.3 is 5.97 Å². The molecule has 1 heterocycles. The first kappa shape index (κ1) is 16.2. The minimum Gasteiger partial charge on any atom is -0.464 e. The molecule has 0 radical (unpaired) electrons. The summed E-state index contributed by atoms with van der Waals surface area (Å²) in [5, 5.41) is 3.21. The van der Waals surface area contributed by atoms with Gasteiger partial charge < -0.3 is 20.7 Å². The van der Waals surface area contributed by atoms with Crippen LogP contribution in [0.5, 0.6) is 0 Å². The number of ether oxygens (including phenoxy) is 1. The van der Waals surface area contributed by atoms with E-state index < -0.39 is 5.97 Å². The van der Waals surface area contributed by atoms with Gasteiger partial charge in [-0.1, -0.05) is 13.8 Å². The molecule has 20 heavy (non-hydrogen) atoms. The lowest BCUT2D eigenvalue weighted by molar-refractivity contribution is 0.0594. The first-order valence-electron chi connectivity index (χ1n) is 6.48. The summed E-state index contributed by atoms with van der Waals surface area (Å²) in [6.45, 7) is 5.93. The zero-order chi connectivity index (χ0) is 15.3. The molecule has 0 amide bonds. The maximum atomic E-state index is 11.5. The van der Waals surface area contributed by atoms with E-state index >= 15 is 0 Å². The molecule has 1 aromatic heterocycles. The maximum Gasteiger partial charge on any atom is 0.356 e. The van der Waals surface area contributed by atoms with Crippen LogP contribution in [0.25, 0.3) is 0 Å². The molecule has 0 fully saturated rings. The van der Waals surface area contributed by atoms with Crippen LogP contribution >= 0.6 is 0 Å². The molecule has 0 aliphatic rings. The molecule has 0 spiro atoms. The molecule has 0 saturated carbocycles. The number of esters is 1. The molecular weight excluding hydrogens is 256 g/mol. The van der Waals surface area contributed by atoms with Crippen LogP contribution in [0.2, 0.25) is 0 Å². The van der Waals surface area contributed by atoms with E-state index in [-0.39, 0.29) is 11.1 Å². The Bertz CT molecular complexity index is 472. The molecule has 0 atom stereocenters. The molecule has 0 bridgehead atoms. The summed E-state index contributed by atoms with van der Waals surface area (Å²) < 4.78 is 4.65. The molecule has 0 unspecified atom stereocenters. The molecular formula is C14H24N4O2. The van der Waals surface area contributed by atoms with Gasteiger partial charge in [-0.15, -0.1) is 0 Å². The van der Waals surface area contributed by atoms with Crippen LogP contribution in [0.4, 0.5) is 11.5 Å². The maximum absolute atomic E-state index is 11.5. The van der Waals surface area contributed by atoms with E-state index in [0.29, 0.717) is 18.1 Å². The molecule has 1 rings (SSSR count). The molecule has 3 N–H and O–H groups in total. The summed E-state index contributed by atoms with van der Waals surface area (Å²) in [5.74, 6) is 0.0420. The van der Waals surface area contributed by atoms with E-state index in [0.717, 1.165) is 6.54 Å². The normalized spacial score (nSPS) is 11.5. The Morgan fingerprint density at radius 3 is 2.65 bits per heavy atom. The molecule has 0 aliphatic carbocycles. The van der Waals surface area contributed by atoms with Crippen molar-refractivity contribution in [2.24, 2.45) is 5.41 Å². The van der Waals surface area contributed by atoms with Gasteiger partial charge in [0.2, 0.25) is 0 Å². The zero-order valence-corrected chi connectivity index (χ0v) is 12.9. The number of methoxy groups -OCH3 is 1. The summed E-state index contributed by atoms with van der Waals surface area (Å²) in [7, 11) is 5.39. The number of nitrogen functional groups attached to an aromatic ring is 1. The number of aromatic nitrogens is 1. The predicted molar refractivity (Wildman–Crippen MR) is 80.8 cm³/mol. The standard InChI is InChI=1S/C14H24N4O2/c1-14(2,9-18(3)4)8-16-12-10(15)6-7-11(17-12)13(19)20-5/h6-7H,8-9,15H2,1-5H3,(H,16,17). The van der Waals surface area contributed by atoms with Gasteiger partial charge in [-0.2, -0.15) is 0 Å². The van der Waals surface area contributed by atoms with E-state index in [1.165, 1.54) is 7.11 Å². The van der Waals surface area contributed by atoms with Gasteiger partial charge in [0.25, 0.3) is 0 Å². The number of carbonyl (C=O) groups is 1. The number of anilines is 2. The Morgan fingerprint density at radius 1 is 1.45 bits per heavy atom. The first-order chi connectivity index (χ1) is 9.25. The Balaban J connectivity index is 2.79. The number of nitrogens with zero attached hydrogens (tertiary/aromatic N) is 2. The van der Waals surface area contributed by atoms with E-state index in [1.54, 1.807) is 12.1 Å². The van der Waals surface area contributed by atoms with Gasteiger partial charge in [0.15, 0.2) is 5.69 Å². The van der Waals surface area contributed by atoms with E-state index in [4.69, 9.17) is 5.73 Å². The minimum absolute atomic E-state index is 0.0545.